The third-order valence-corrected chi connectivity index (χ3v) is 2.49. The van der Waals surface area contributed by atoms with Crippen molar-refractivity contribution >= 4 is 17.5 Å². The average Bonchev–Trinajstić information content (AvgIpc) is 2.28. The minimum Gasteiger partial charge on any atom is -0.461 e. The van der Waals surface area contributed by atoms with Crippen molar-refractivity contribution in [2.75, 3.05) is 31.1 Å². The number of halogens is 1. The van der Waals surface area contributed by atoms with E-state index in [1.165, 1.54) is 0 Å². The van der Waals surface area contributed by atoms with Crippen molar-refractivity contribution in [3.05, 3.63) is 5.28 Å². The number of rotatable bonds is 3. The lowest BCUT2D eigenvalue weighted by molar-refractivity contribution is 0.221. The quantitative estimate of drug-likeness (QED) is 0.861. The molecule has 0 saturated carbocycles. The summed E-state index contributed by atoms with van der Waals surface area (Å²) in [4.78, 5) is 14.4. The van der Waals surface area contributed by atoms with Crippen molar-refractivity contribution in [3.8, 4) is 6.01 Å². The van der Waals surface area contributed by atoms with Crippen LogP contribution in [0.2, 0.25) is 5.28 Å². The average molecular weight is 258 g/mol. The first-order valence-corrected chi connectivity index (χ1v) is 6.07. The van der Waals surface area contributed by atoms with Crippen LogP contribution in [0.1, 0.15) is 13.8 Å². The molecule has 0 aromatic carbocycles. The molecule has 2 rings (SSSR count). The van der Waals surface area contributed by atoms with Crippen molar-refractivity contribution in [2.45, 2.75) is 20.0 Å². The lowest BCUT2D eigenvalue weighted by Crippen LogP contribution is -2.44. The number of hydrogen-bond acceptors (Lipinski definition) is 6. The zero-order valence-corrected chi connectivity index (χ0v) is 10.7. The lowest BCUT2D eigenvalue weighted by Gasteiger charge is -2.27. The van der Waals surface area contributed by atoms with Crippen LogP contribution in [0.4, 0.5) is 5.95 Å². The van der Waals surface area contributed by atoms with Gasteiger partial charge in [-0.25, -0.2) is 0 Å². The minimum atomic E-state index is 0.0179. The molecule has 1 N–H and O–H groups in total. The molecule has 0 spiro atoms. The number of nitrogens with one attached hydrogen (secondary N) is 1. The third-order valence-electron chi connectivity index (χ3n) is 2.32. The zero-order chi connectivity index (χ0) is 12.3. The first-order valence-electron chi connectivity index (χ1n) is 5.69. The Morgan fingerprint density at radius 2 is 1.94 bits per heavy atom. The summed E-state index contributed by atoms with van der Waals surface area (Å²) in [7, 11) is 0. The van der Waals surface area contributed by atoms with E-state index in [9.17, 15) is 0 Å². The Morgan fingerprint density at radius 1 is 1.24 bits per heavy atom. The Balaban J connectivity index is 2.18. The molecule has 7 heteroatoms. The molecule has 1 aromatic heterocycles. The van der Waals surface area contributed by atoms with E-state index in [2.05, 4.69) is 25.2 Å². The summed E-state index contributed by atoms with van der Waals surface area (Å²) in [5, 5.41) is 3.44. The minimum absolute atomic E-state index is 0.0179. The highest BCUT2D eigenvalue weighted by molar-refractivity contribution is 6.28. The van der Waals surface area contributed by atoms with Gasteiger partial charge in [0.15, 0.2) is 0 Å². The summed E-state index contributed by atoms with van der Waals surface area (Å²) >= 11 is 5.87. The Morgan fingerprint density at radius 3 is 2.59 bits per heavy atom. The standard InChI is InChI=1S/C10H16ClN5O/c1-7(2)17-10-14-8(11)13-9(15-10)16-5-3-12-4-6-16/h7,12H,3-6H2,1-2H3. The van der Waals surface area contributed by atoms with Crippen molar-refractivity contribution in [1.29, 1.82) is 0 Å². The predicted octanol–water partition coefficient (Wildman–Crippen LogP) is 0.722. The Bertz CT molecular complexity index is 381. The summed E-state index contributed by atoms with van der Waals surface area (Å²) in [6.07, 6.45) is 0.0179. The maximum atomic E-state index is 5.87. The molecule has 0 unspecified atom stereocenters. The molecule has 2 heterocycles. The van der Waals surface area contributed by atoms with E-state index in [1.54, 1.807) is 0 Å². The van der Waals surface area contributed by atoms with Gasteiger partial charge in [-0.3, -0.25) is 0 Å². The van der Waals surface area contributed by atoms with Gasteiger partial charge >= 0.3 is 6.01 Å². The summed E-state index contributed by atoms with van der Waals surface area (Å²) in [6.45, 7) is 7.40. The number of hydrogen-bond donors (Lipinski definition) is 1. The maximum Gasteiger partial charge on any atom is 0.322 e. The molecule has 0 bridgehead atoms. The van der Waals surface area contributed by atoms with Gasteiger partial charge in [0.2, 0.25) is 11.2 Å². The molecule has 0 atom stereocenters. The maximum absolute atomic E-state index is 5.87. The van der Waals surface area contributed by atoms with E-state index < -0.39 is 0 Å². The van der Waals surface area contributed by atoms with E-state index in [1.807, 2.05) is 13.8 Å². The normalized spacial score (nSPS) is 16.4. The van der Waals surface area contributed by atoms with Crippen LogP contribution in [-0.4, -0.2) is 47.2 Å². The molecule has 0 amide bonds. The van der Waals surface area contributed by atoms with E-state index in [4.69, 9.17) is 16.3 Å². The highest BCUT2D eigenvalue weighted by Gasteiger charge is 2.16. The number of ether oxygens (including phenoxy) is 1. The highest BCUT2D eigenvalue weighted by Crippen LogP contribution is 2.16. The molecule has 1 aromatic rings. The van der Waals surface area contributed by atoms with Gasteiger partial charge in [0.25, 0.3) is 0 Å². The molecule has 1 aliphatic heterocycles. The molecule has 17 heavy (non-hydrogen) atoms. The number of piperazine rings is 1. The molecule has 1 aliphatic rings. The second-order valence-electron chi connectivity index (χ2n) is 4.09. The molecule has 6 nitrogen and oxygen atoms in total. The number of anilines is 1. The summed E-state index contributed by atoms with van der Waals surface area (Å²) in [5.41, 5.74) is 0. The third kappa shape index (κ3) is 3.41. The first kappa shape index (κ1) is 12.3. The smallest absolute Gasteiger partial charge is 0.322 e. The number of nitrogens with zero attached hydrogens (tertiary/aromatic N) is 4. The van der Waals surface area contributed by atoms with Crippen LogP contribution in [0.15, 0.2) is 0 Å². The first-order chi connectivity index (χ1) is 8.15. The molecular weight excluding hydrogens is 242 g/mol. The van der Waals surface area contributed by atoms with Gasteiger partial charge in [-0.15, -0.1) is 0 Å². The molecule has 1 saturated heterocycles. The van der Waals surface area contributed by atoms with Gasteiger partial charge in [-0.2, -0.15) is 15.0 Å². The molecule has 0 radical (unpaired) electrons. The molecule has 1 fully saturated rings. The van der Waals surface area contributed by atoms with Crippen LogP contribution in [0.5, 0.6) is 6.01 Å². The van der Waals surface area contributed by atoms with E-state index in [0.717, 1.165) is 26.2 Å². The largest absolute Gasteiger partial charge is 0.461 e. The monoisotopic (exact) mass is 257 g/mol. The van der Waals surface area contributed by atoms with Gasteiger partial charge < -0.3 is 15.0 Å². The fourth-order valence-corrected chi connectivity index (χ4v) is 1.74. The second kappa shape index (κ2) is 5.46. The van der Waals surface area contributed by atoms with Crippen LogP contribution in [0.3, 0.4) is 0 Å². The fourth-order valence-electron chi connectivity index (χ4n) is 1.59. The van der Waals surface area contributed by atoms with Crippen LogP contribution in [0.25, 0.3) is 0 Å². The van der Waals surface area contributed by atoms with E-state index in [0.29, 0.717) is 5.95 Å². The van der Waals surface area contributed by atoms with Crippen LogP contribution in [-0.2, 0) is 0 Å². The topological polar surface area (TPSA) is 63.2 Å². The van der Waals surface area contributed by atoms with Crippen molar-refractivity contribution < 1.29 is 4.74 Å². The Hall–Kier alpha value is -1.14. The van der Waals surface area contributed by atoms with Crippen molar-refractivity contribution in [3.63, 3.8) is 0 Å². The van der Waals surface area contributed by atoms with E-state index in [-0.39, 0.29) is 17.4 Å². The van der Waals surface area contributed by atoms with Gasteiger partial charge in [0, 0.05) is 26.2 Å². The van der Waals surface area contributed by atoms with Gasteiger partial charge in [-0.1, -0.05) is 0 Å². The Labute approximate surface area is 105 Å². The zero-order valence-electron chi connectivity index (χ0n) is 9.98. The van der Waals surface area contributed by atoms with Crippen molar-refractivity contribution in [2.24, 2.45) is 0 Å². The van der Waals surface area contributed by atoms with Crippen molar-refractivity contribution in [1.82, 2.24) is 20.3 Å². The van der Waals surface area contributed by atoms with Crippen LogP contribution >= 0.6 is 11.6 Å². The summed E-state index contributed by atoms with van der Waals surface area (Å²) in [5.74, 6) is 0.585. The van der Waals surface area contributed by atoms with Crippen LogP contribution in [0, 0.1) is 0 Å². The lowest BCUT2D eigenvalue weighted by atomic mass is 10.4. The Kier molecular flexibility index (Phi) is 3.96. The molecule has 0 aliphatic carbocycles. The van der Waals surface area contributed by atoms with E-state index >= 15 is 0 Å². The summed E-state index contributed by atoms with van der Waals surface area (Å²) in [6, 6.07) is 0.286. The molecule has 94 valence electrons. The highest BCUT2D eigenvalue weighted by atomic mass is 35.5. The second-order valence-corrected chi connectivity index (χ2v) is 4.43. The van der Waals surface area contributed by atoms with Gasteiger partial charge in [0.1, 0.15) is 0 Å². The fraction of sp³-hybridized carbons (Fsp3) is 0.700. The predicted molar refractivity (Wildman–Crippen MR) is 65.7 cm³/mol. The SMILES string of the molecule is CC(C)Oc1nc(Cl)nc(N2CCNCC2)n1. The number of aromatic nitrogens is 3. The molecular formula is C10H16ClN5O. The van der Waals surface area contributed by atoms with Gasteiger partial charge in [-0.05, 0) is 25.4 Å². The van der Waals surface area contributed by atoms with Gasteiger partial charge in [0.05, 0.1) is 6.10 Å². The summed E-state index contributed by atoms with van der Waals surface area (Å²) < 4.78 is 5.44. The van der Waals surface area contributed by atoms with Crippen LogP contribution < -0.4 is 15.0 Å².